The molecule has 0 N–H and O–H groups in total. The summed E-state index contributed by atoms with van der Waals surface area (Å²) < 4.78 is 25.8. The third kappa shape index (κ3) is 6.64. The van der Waals surface area contributed by atoms with E-state index in [1.54, 1.807) is 0 Å². The molecule has 0 radical (unpaired) electrons. The van der Waals surface area contributed by atoms with E-state index in [2.05, 4.69) is 47.6 Å². The molecular formula is C35H52O6. The van der Waals surface area contributed by atoms with Gasteiger partial charge in [0.1, 0.15) is 23.0 Å². The van der Waals surface area contributed by atoms with Crippen molar-refractivity contribution in [3.63, 3.8) is 0 Å². The highest BCUT2D eigenvalue weighted by atomic mass is 16.7. The van der Waals surface area contributed by atoms with Crippen LogP contribution in [0.5, 0.6) is 0 Å². The van der Waals surface area contributed by atoms with Crippen LogP contribution in [0.15, 0.2) is 30.1 Å². The molecule has 0 unspecified atom stereocenters. The molecular weight excluding hydrogens is 516 g/mol. The minimum absolute atomic E-state index is 0.0242. The van der Waals surface area contributed by atoms with Crippen molar-refractivity contribution in [1.82, 2.24) is 0 Å². The predicted molar refractivity (Wildman–Crippen MR) is 165 cm³/mol. The Hall–Kier alpha value is -2.44. The zero-order valence-electron chi connectivity index (χ0n) is 27.6. The van der Waals surface area contributed by atoms with Gasteiger partial charge in [-0.05, 0) is 60.5 Å². The highest BCUT2D eigenvalue weighted by molar-refractivity contribution is 5.32. The van der Waals surface area contributed by atoms with Crippen molar-refractivity contribution < 1.29 is 18.3 Å². The Labute approximate surface area is 246 Å². The van der Waals surface area contributed by atoms with Gasteiger partial charge in [-0.25, -0.2) is 0 Å². The first-order chi connectivity index (χ1) is 19.1. The van der Waals surface area contributed by atoms with Crippen molar-refractivity contribution in [2.24, 2.45) is 5.92 Å². The molecule has 0 saturated carbocycles. The Morgan fingerprint density at radius 1 is 0.854 bits per heavy atom. The van der Waals surface area contributed by atoms with E-state index in [-0.39, 0.29) is 46.7 Å². The number of aryl methyl sites for hydroxylation is 1. The van der Waals surface area contributed by atoms with Crippen LogP contribution >= 0.6 is 0 Å². The van der Waals surface area contributed by atoms with Crippen LogP contribution in [0.2, 0.25) is 0 Å². The summed E-state index contributed by atoms with van der Waals surface area (Å²) in [6.45, 7) is 25.9. The van der Waals surface area contributed by atoms with Gasteiger partial charge >= 0.3 is 0 Å². The molecule has 6 heteroatoms. The lowest BCUT2D eigenvalue weighted by Gasteiger charge is -2.47. The van der Waals surface area contributed by atoms with E-state index in [1.165, 1.54) is 0 Å². The first-order valence-corrected chi connectivity index (χ1v) is 15.4. The first-order valence-electron chi connectivity index (χ1n) is 15.4. The van der Waals surface area contributed by atoms with Gasteiger partial charge in [0.25, 0.3) is 0 Å². The molecule has 0 aromatic carbocycles. The average Bonchev–Trinajstić information content (AvgIpc) is 2.91. The smallest absolute Gasteiger partial charge is 0.191 e. The van der Waals surface area contributed by atoms with Crippen molar-refractivity contribution in [1.29, 1.82) is 0 Å². The summed E-state index contributed by atoms with van der Waals surface area (Å²) >= 11 is 0. The third-order valence-electron chi connectivity index (χ3n) is 8.94. The molecule has 1 saturated heterocycles. The fourth-order valence-electron chi connectivity index (χ4n) is 6.65. The molecule has 1 aliphatic heterocycles. The van der Waals surface area contributed by atoms with E-state index < -0.39 is 5.79 Å². The van der Waals surface area contributed by atoms with Crippen molar-refractivity contribution in [2.45, 2.75) is 145 Å². The molecule has 41 heavy (non-hydrogen) atoms. The molecule has 2 aromatic rings. The van der Waals surface area contributed by atoms with Crippen LogP contribution in [0.25, 0.3) is 0 Å². The lowest BCUT2D eigenvalue weighted by atomic mass is 9.82. The zero-order chi connectivity index (χ0) is 31.0. The number of hydrogen-bond donors (Lipinski definition) is 0. The molecule has 6 atom stereocenters. The SMILES string of the molecule is CCC[C@H](C)c1oc([C@H](C)/C=C(\C)[C@H]2OC(C)(C)O[C@@H]([C@@H](C)c3oc(CC)c(C)c(=O)c3C)[C@H]2C)c(C)c(=O)c1C. The van der Waals surface area contributed by atoms with Gasteiger partial charge in [0, 0.05) is 52.3 Å². The van der Waals surface area contributed by atoms with E-state index in [4.69, 9.17) is 18.3 Å². The number of allylic oxidation sites excluding steroid dienone is 1. The molecule has 2 aromatic heterocycles. The lowest BCUT2D eigenvalue weighted by molar-refractivity contribution is -0.315. The van der Waals surface area contributed by atoms with E-state index in [1.807, 2.05) is 48.5 Å². The van der Waals surface area contributed by atoms with Crippen molar-refractivity contribution >= 4 is 0 Å². The minimum atomic E-state index is -0.837. The summed E-state index contributed by atoms with van der Waals surface area (Å²) in [5.41, 5.74) is 3.86. The van der Waals surface area contributed by atoms with Crippen LogP contribution in [-0.4, -0.2) is 18.0 Å². The maximum absolute atomic E-state index is 13.2. The van der Waals surface area contributed by atoms with Crippen LogP contribution in [0, 0.1) is 33.6 Å². The van der Waals surface area contributed by atoms with E-state index in [9.17, 15) is 9.59 Å². The second-order valence-corrected chi connectivity index (χ2v) is 12.8. The largest absolute Gasteiger partial charge is 0.465 e. The maximum Gasteiger partial charge on any atom is 0.191 e. The Morgan fingerprint density at radius 2 is 1.41 bits per heavy atom. The van der Waals surface area contributed by atoms with Crippen LogP contribution in [0.3, 0.4) is 0 Å². The molecule has 1 fully saturated rings. The zero-order valence-corrected chi connectivity index (χ0v) is 27.6. The topological polar surface area (TPSA) is 78.9 Å². The molecule has 1 aliphatic rings. The van der Waals surface area contributed by atoms with Gasteiger partial charge in [-0.3, -0.25) is 9.59 Å². The fraction of sp³-hybridized carbons (Fsp3) is 0.657. The summed E-state index contributed by atoms with van der Waals surface area (Å²) in [4.78, 5) is 26.2. The van der Waals surface area contributed by atoms with Crippen molar-refractivity contribution in [3.05, 3.63) is 77.4 Å². The summed E-state index contributed by atoms with van der Waals surface area (Å²) in [5.74, 6) is 1.98. The Bertz CT molecular complexity index is 1390. The van der Waals surface area contributed by atoms with Gasteiger partial charge in [0.15, 0.2) is 16.6 Å². The summed E-state index contributed by atoms with van der Waals surface area (Å²) in [7, 11) is 0. The monoisotopic (exact) mass is 568 g/mol. The van der Waals surface area contributed by atoms with Crippen LogP contribution in [0.4, 0.5) is 0 Å². The average molecular weight is 569 g/mol. The Balaban J connectivity index is 2.00. The molecule has 0 bridgehead atoms. The van der Waals surface area contributed by atoms with Crippen molar-refractivity contribution in [3.8, 4) is 0 Å². The highest BCUT2D eigenvalue weighted by Gasteiger charge is 2.45. The summed E-state index contributed by atoms with van der Waals surface area (Å²) in [6, 6.07) is 0. The second-order valence-electron chi connectivity index (χ2n) is 12.8. The number of hydrogen-bond acceptors (Lipinski definition) is 6. The molecule has 6 nitrogen and oxygen atoms in total. The van der Waals surface area contributed by atoms with Crippen LogP contribution in [0.1, 0.15) is 138 Å². The van der Waals surface area contributed by atoms with Gasteiger partial charge in [-0.2, -0.15) is 0 Å². The van der Waals surface area contributed by atoms with Crippen LogP contribution < -0.4 is 10.9 Å². The Morgan fingerprint density at radius 3 is 2.00 bits per heavy atom. The highest BCUT2D eigenvalue weighted by Crippen LogP contribution is 2.41. The number of rotatable bonds is 9. The Kier molecular flexibility index (Phi) is 10.3. The van der Waals surface area contributed by atoms with E-state index in [0.29, 0.717) is 40.2 Å². The first kappa shape index (κ1) is 33.1. The quantitative estimate of drug-likeness (QED) is 0.283. The summed E-state index contributed by atoms with van der Waals surface area (Å²) in [6.07, 6.45) is 4.35. The third-order valence-corrected chi connectivity index (χ3v) is 8.94. The van der Waals surface area contributed by atoms with Crippen molar-refractivity contribution in [2.75, 3.05) is 0 Å². The standard InChI is InChI=1S/C35H52O6/c1-14-16-18(3)30-22(7)29(37)23(8)31(39-30)19(4)17-20(5)32-25(10)34(41-35(12,13)40-32)26(11)33-24(9)28(36)21(6)27(15-2)38-33/h17-19,25-26,32,34H,14-16H2,1-13H3/b20-17+/t18-,19+,25-,26-,32+,34+/m0/s1. The summed E-state index contributed by atoms with van der Waals surface area (Å²) in [5, 5.41) is 0. The molecule has 3 heterocycles. The van der Waals surface area contributed by atoms with Gasteiger partial charge in [0.05, 0.1) is 12.2 Å². The minimum Gasteiger partial charge on any atom is -0.465 e. The van der Waals surface area contributed by atoms with E-state index >= 15 is 0 Å². The fourth-order valence-corrected chi connectivity index (χ4v) is 6.65. The second kappa shape index (κ2) is 12.8. The van der Waals surface area contributed by atoms with Crippen LogP contribution in [-0.2, 0) is 15.9 Å². The molecule has 3 rings (SSSR count). The van der Waals surface area contributed by atoms with Gasteiger partial charge in [0.2, 0.25) is 0 Å². The van der Waals surface area contributed by atoms with Gasteiger partial charge in [-0.1, -0.05) is 54.0 Å². The number of ether oxygens (including phenoxy) is 2. The predicted octanol–water partition coefficient (Wildman–Crippen LogP) is 8.30. The molecule has 0 spiro atoms. The van der Waals surface area contributed by atoms with Gasteiger partial charge < -0.3 is 18.3 Å². The van der Waals surface area contributed by atoms with E-state index in [0.717, 1.165) is 29.9 Å². The lowest BCUT2D eigenvalue weighted by Crippen LogP contribution is -2.52. The molecule has 228 valence electrons. The molecule has 0 aliphatic carbocycles. The molecule has 0 amide bonds. The maximum atomic E-state index is 13.2. The normalized spacial score (nSPS) is 23.3. The van der Waals surface area contributed by atoms with Gasteiger partial charge in [-0.15, -0.1) is 0 Å².